The summed E-state index contributed by atoms with van der Waals surface area (Å²) in [6.45, 7) is 2.21. The average molecular weight is 443 g/mol. The second kappa shape index (κ2) is 9.63. The lowest BCUT2D eigenvalue weighted by Crippen LogP contribution is -2.29. The average Bonchev–Trinajstić information content (AvgIpc) is 2.91. The van der Waals surface area contributed by atoms with Crippen LogP contribution in [0, 0.1) is 0 Å². The van der Waals surface area contributed by atoms with Crippen molar-refractivity contribution >= 4 is 33.7 Å². The third-order valence-electron chi connectivity index (χ3n) is 6.19. The molecule has 0 amide bonds. The standard InChI is InChI=1S/C31H27N3/c1-23(24-13-5-2-6-14-24)34(31(32)26-16-7-3-8-17-26)30-28-20-12-11-15-25(28)21-22-29(30)33-27-18-9-4-10-19-27/h2-23,32-33H,1H3/p+1. The summed E-state index contributed by atoms with van der Waals surface area (Å²) in [6, 6.07) is 43.8. The highest BCUT2D eigenvalue weighted by molar-refractivity contribution is 6.01. The van der Waals surface area contributed by atoms with Crippen molar-refractivity contribution in [2.45, 2.75) is 13.0 Å². The van der Waals surface area contributed by atoms with Crippen LogP contribution in [0.5, 0.6) is 0 Å². The summed E-state index contributed by atoms with van der Waals surface area (Å²) in [5.41, 5.74) is 12.3. The van der Waals surface area contributed by atoms with Crippen molar-refractivity contribution < 1.29 is 4.58 Å². The zero-order chi connectivity index (χ0) is 23.3. The van der Waals surface area contributed by atoms with Crippen molar-refractivity contribution in [1.29, 1.82) is 0 Å². The smallest absolute Gasteiger partial charge is 0.280 e. The maximum atomic E-state index is 6.98. The Morgan fingerprint density at radius 3 is 1.97 bits per heavy atom. The van der Waals surface area contributed by atoms with E-state index in [4.69, 9.17) is 5.73 Å². The van der Waals surface area contributed by atoms with Gasteiger partial charge in [-0.25, -0.2) is 4.58 Å². The Kier molecular flexibility index (Phi) is 6.09. The van der Waals surface area contributed by atoms with E-state index < -0.39 is 0 Å². The van der Waals surface area contributed by atoms with Crippen molar-refractivity contribution in [3.63, 3.8) is 0 Å². The molecule has 0 spiro atoms. The topological polar surface area (TPSA) is 41.1 Å². The van der Waals surface area contributed by atoms with Gasteiger partial charge >= 0.3 is 0 Å². The molecule has 0 aliphatic heterocycles. The molecule has 3 heteroatoms. The van der Waals surface area contributed by atoms with E-state index in [2.05, 4.69) is 102 Å². The van der Waals surface area contributed by atoms with Gasteiger partial charge in [0.15, 0.2) is 5.69 Å². The van der Waals surface area contributed by atoms with Gasteiger partial charge in [0.1, 0.15) is 6.04 Å². The van der Waals surface area contributed by atoms with Crippen LogP contribution in [0.1, 0.15) is 24.1 Å². The number of rotatable bonds is 6. The SMILES string of the molecule is CC(c1ccccc1)[N+](=C(N)c1ccccc1)c1c(Nc2ccccc2)ccc2ccccc12. The van der Waals surface area contributed by atoms with Crippen molar-refractivity contribution in [2.75, 3.05) is 5.32 Å². The molecular formula is C31H28N3+. The van der Waals surface area contributed by atoms with Gasteiger partial charge in [-0.15, -0.1) is 0 Å². The third kappa shape index (κ3) is 4.28. The maximum Gasteiger partial charge on any atom is 0.280 e. The van der Waals surface area contributed by atoms with Crippen molar-refractivity contribution in [3.8, 4) is 0 Å². The number of nitrogens with zero attached hydrogens (tertiary/aromatic N) is 1. The number of hydrogen-bond acceptors (Lipinski definition) is 1. The first-order valence-electron chi connectivity index (χ1n) is 11.6. The molecule has 34 heavy (non-hydrogen) atoms. The molecule has 0 aliphatic rings. The number of anilines is 2. The molecular weight excluding hydrogens is 414 g/mol. The Balaban J connectivity index is 1.81. The van der Waals surface area contributed by atoms with E-state index in [1.54, 1.807) is 0 Å². The molecule has 0 aromatic heterocycles. The summed E-state index contributed by atoms with van der Waals surface area (Å²) in [6.07, 6.45) is 0. The molecule has 0 saturated heterocycles. The second-order valence-electron chi connectivity index (χ2n) is 8.38. The van der Waals surface area contributed by atoms with Gasteiger partial charge in [0.05, 0.1) is 11.3 Å². The summed E-state index contributed by atoms with van der Waals surface area (Å²) in [7, 11) is 0. The van der Waals surface area contributed by atoms with Crippen LogP contribution in [0.25, 0.3) is 10.8 Å². The van der Waals surface area contributed by atoms with E-state index in [1.165, 1.54) is 10.9 Å². The van der Waals surface area contributed by atoms with Gasteiger partial charge in [-0.3, -0.25) is 5.73 Å². The minimum absolute atomic E-state index is 0.00327. The molecule has 0 aliphatic carbocycles. The summed E-state index contributed by atoms with van der Waals surface area (Å²) in [5.74, 6) is 0.712. The van der Waals surface area contributed by atoms with E-state index in [0.717, 1.165) is 28.0 Å². The van der Waals surface area contributed by atoms with Gasteiger partial charge in [-0.2, -0.15) is 0 Å². The van der Waals surface area contributed by atoms with Crippen LogP contribution in [0.3, 0.4) is 0 Å². The van der Waals surface area contributed by atoms with Crippen molar-refractivity contribution in [3.05, 3.63) is 139 Å². The first-order chi connectivity index (χ1) is 16.7. The van der Waals surface area contributed by atoms with E-state index >= 15 is 0 Å². The molecule has 0 fully saturated rings. The quantitative estimate of drug-likeness (QED) is 0.163. The highest BCUT2D eigenvalue weighted by atomic mass is 15.1. The maximum absolute atomic E-state index is 6.98. The monoisotopic (exact) mass is 442 g/mol. The Hall–Kier alpha value is -4.37. The normalized spacial score (nSPS) is 12.7. The Bertz CT molecular complexity index is 1430. The molecule has 3 nitrogen and oxygen atoms in total. The van der Waals surface area contributed by atoms with Crippen LogP contribution < -0.4 is 11.1 Å². The van der Waals surface area contributed by atoms with E-state index in [1.807, 2.05) is 42.5 Å². The molecule has 5 rings (SSSR count). The summed E-state index contributed by atoms with van der Waals surface area (Å²) in [5, 5.41) is 5.96. The van der Waals surface area contributed by atoms with Crippen molar-refractivity contribution in [2.24, 2.45) is 5.73 Å². The second-order valence-corrected chi connectivity index (χ2v) is 8.38. The lowest BCUT2D eigenvalue weighted by Gasteiger charge is -2.22. The largest absolute Gasteiger partial charge is 0.352 e. The minimum atomic E-state index is 0.00327. The zero-order valence-electron chi connectivity index (χ0n) is 19.2. The summed E-state index contributed by atoms with van der Waals surface area (Å²) >= 11 is 0. The highest BCUT2D eigenvalue weighted by Crippen LogP contribution is 2.39. The Morgan fingerprint density at radius 1 is 0.676 bits per heavy atom. The van der Waals surface area contributed by atoms with Crippen LogP contribution in [0.2, 0.25) is 0 Å². The fourth-order valence-electron chi connectivity index (χ4n) is 4.44. The van der Waals surface area contributed by atoms with Crippen molar-refractivity contribution in [1.82, 2.24) is 0 Å². The van der Waals surface area contributed by atoms with Crippen LogP contribution in [-0.2, 0) is 0 Å². The Labute approximate surface area is 200 Å². The van der Waals surface area contributed by atoms with Crippen LogP contribution in [0.4, 0.5) is 17.1 Å². The predicted octanol–water partition coefficient (Wildman–Crippen LogP) is 7.39. The summed E-state index contributed by atoms with van der Waals surface area (Å²) < 4.78 is 2.26. The molecule has 1 unspecified atom stereocenters. The number of nitrogens with two attached hydrogens (primary N) is 1. The molecule has 0 bridgehead atoms. The van der Waals surface area contributed by atoms with E-state index in [0.29, 0.717) is 5.84 Å². The number of para-hydroxylation sites is 1. The van der Waals surface area contributed by atoms with E-state index in [9.17, 15) is 0 Å². The lowest BCUT2D eigenvalue weighted by atomic mass is 10.0. The van der Waals surface area contributed by atoms with Gasteiger partial charge in [-0.05, 0) is 48.2 Å². The molecule has 3 N–H and O–H groups in total. The number of benzene rings is 5. The third-order valence-corrected chi connectivity index (χ3v) is 6.19. The number of amidine groups is 1. The molecule has 5 aromatic carbocycles. The van der Waals surface area contributed by atoms with Gasteiger partial charge in [-0.1, -0.05) is 97.1 Å². The molecule has 5 aromatic rings. The highest BCUT2D eigenvalue weighted by Gasteiger charge is 2.26. The molecule has 1 atom stereocenters. The first kappa shape index (κ1) is 21.5. The van der Waals surface area contributed by atoms with Crippen LogP contribution >= 0.6 is 0 Å². The first-order valence-corrected chi connectivity index (χ1v) is 11.6. The van der Waals surface area contributed by atoms with Gasteiger partial charge in [0, 0.05) is 11.1 Å². The fourth-order valence-corrected chi connectivity index (χ4v) is 4.44. The number of nitrogens with one attached hydrogen (secondary N) is 1. The number of hydrogen-bond donors (Lipinski definition) is 2. The molecule has 0 saturated carbocycles. The van der Waals surface area contributed by atoms with E-state index in [-0.39, 0.29) is 6.04 Å². The minimum Gasteiger partial charge on any atom is -0.352 e. The molecule has 0 heterocycles. The van der Waals surface area contributed by atoms with Gasteiger partial charge in [0.25, 0.3) is 5.84 Å². The predicted molar refractivity (Wildman–Crippen MR) is 143 cm³/mol. The van der Waals surface area contributed by atoms with Crippen LogP contribution in [0.15, 0.2) is 127 Å². The lowest BCUT2D eigenvalue weighted by molar-refractivity contribution is -0.485. The van der Waals surface area contributed by atoms with Gasteiger partial charge in [0.2, 0.25) is 0 Å². The molecule has 166 valence electrons. The van der Waals surface area contributed by atoms with Crippen LogP contribution in [-0.4, -0.2) is 10.4 Å². The summed E-state index contributed by atoms with van der Waals surface area (Å²) in [4.78, 5) is 0. The number of fused-ring (bicyclic) bond motifs is 1. The fraction of sp³-hybridized carbons (Fsp3) is 0.0645. The Morgan fingerprint density at radius 2 is 1.26 bits per heavy atom. The zero-order valence-corrected chi connectivity index (χ0v) is 19.2. The molecule has 0 radical (unpaired) electrons. The van der Waals surface area contributed by atoms with Gasteiger partial charge < -0.3 is 5.32 Å².